The SMILES string of the molecule is C=C(C)C[C@@]1(C)COSN1. The molecule has 58 valence electrons. The van der Waals surface area contributed by atoms with Crippen molar-refractivity contribution in [2.24, 2.45) is 0 Å². The highest BCUT2D eigenvalue weighted by molar-refractivity contribution is 7.92. The van der Waals surface area contributed by atoms with Gasteiger partial charge in [-0.1, -0.05) is 5.57 Å². The highest BCUT2D eigenvalue weighted by Crippen LogP contribution is 2.25. The zero-order valence-corrected chi connectivity index (χ0v) is 7.25. The molecule has 0 bridgehead atoms. The molecule has 1 aliphatic heterocycles. The zero-order valence-electron chi connectivity index (χ0n) is 6.44. The highest BCUT2D eigenvalue weighted by Gasteiger charge is 2.29. The van der Waals surface area contributed by atoms with Crippen molar-refractivity contribution in [1.82, 2.24) is 4.72 Å². The largest absolute Gasteiger partial charge is 0.299 e. The first-order valence-electron chi connectivity index (χ1n) is 3.32. The van der Waals surface area contributed by atoms with Crippen LogP contribution in [0.5, 0.6) is 0 Å². The highest BCUT2D eigenvalue weighted by atomic mass is 32.2. The standard InChI is InChI=1S/C7H13NOS/c1-6(2)4-7(3)5-9-10-8-7/h8H,1,4-5H2,2-3H3/t7-/m0/s1. The molecule has 3 heteroatoms. The molecule has 1 N–H and O–H groups in total. The Bertz CT molecular complexity index is 141. The molecular formula is C7H13NOS. The zero-order chi connectivity index (χ0) is 7.61. The molecule has 0 unspecified atom stereocenters. The maximum absolute atomic E-state index is 5.13. The van der Waals surface area contributed by atoms with Crippen molar-refractivity contribution in [3.63, 3.8) is 0 Å². The van der Waals surface area contributed by atoms with Gasteiger partial charge in [-0.3, -0.25) is 4.18 Å². The third-order valence-electron chi connectivity index (χ3n) is 1.42. The number of hydrogen-bond acceptors (Lipinski definition) is 3. The second kappa shape index (κ2) is 2.95. The summed E-state index contributed by atoms with van der Waals surface area (Å²) in [6.45, 7) is 8.81. The van der Waals surface area contributed by atoms with Gasteiger partial charge in [0.1, 0.15) is 0 Å². The molecule has 0 aliphatic carbocycles. The van der Waals surface area contributed by atoms with Crippen LogP contribution in [0.1, 0.15) is 20.3 Å². The van der Waals surface area contributed by atoms with E-state index in [0.29, 0.717) is 0 Å². The number of rotatable bonds is 2. The Labute approximate surface area is 66.4 Å². The minimum atomic E-state index is 0.108. The van der Waals surface area contributed by atoms with Crippen LogP contribution in [0.15, 0.2) is 12.2 Å². The van der Waals surface area contributed by atoms with Gasteiger partial charge in [0, 0.05) is 0 Å². The maximum atomic E-state index is 5.13. The van der Waals surface area contributed by atoms with E-state index < -0.39 is 0 Å². The smallest absolute Gasteiger partial charge is 0.0820 e. The molecule has 0 aromatic carbocycles. The molecule has 1 aliphatic rings. The summed E-state index contributed by atoms with van der Waals surface area (Å²) >= 11 is 1.33. The van der Waals surface area contributed by atoms with E-state index in [9.17, 15) is 0 Å². The fourth-order valence-corrected chi connectivity index (χ4v) is 1.78. The molecule has 1 heterocycles. The molecule has 0 amide bonds. The Morgan fingerprint density at radius 2 is 2.60 bits per heavy atom. The lowest BCUT2D eigenvalue weighted by Crippen LogP contribution is -2.36. The first-order valence-corrected chi connectivity index (χ1v) is 4.07. The van der Waals surface area contributed by atoms with E-state index in [0.717, 1.165) is 13.0 Å². The fourth-order valence-electron chi connectivity index (χ4n) is 1.07. The Kier molecular flexibility index (Phi) is 2.39. The summed E-state index contributed by atoms with van der Waals surface area (Å²) in [5.74, 6) is 0. The van der Waals surface area contributed by atoms with Gasteiger partial charge in [0.15, 0.2) is 0 Å². The molecule has 1 saturated heterocycles. The summed E-state index contributed by atoms with van der Waals surface area (Å²) in [5.41, 5.74) is 1.30. The molecule has 2 nitrogen and oxygen atoms in total. The minimum absolute atomic E-state index is 0.108. The van der Waals surface area contributed by atoms with E-state index in [1.807, 2.05) is 6.92 Å². The fraction of sp³-hybridized carbons (Fsp3) is 0.714. The van der Waals surface area contributed by atoms with Crippen molar-refractivity contribution in [1.29, 1.82) is 0 Å². The van der Waals surface area contributed by atoms with Crippen LogP contribution < -0.4 is 4.72 Å². The lowest BCUT2D eigenvalue weighted by molar-refractivity contribution is 0.295. The second-order valence-electron chi connectivity index (χ2n) is 3.14. The van der Waals surface area contributed by atoms with Crippen LogP contribution >= 0.6 is 12.2 Å². The van der Waals surface area contributed by atoms with E-state index >= 15 is 0 Å². The van der Waals surface area contributed by atoms with Crippen LogP contribution in [0.2, 0.25) is 0 Å². The van der Waals surface area contributed by atoms with E-state index in [1.54, 1.807) is 0 Å². The van der Waals surface area contributed by atoms with Crippen molar-refractivity contribution < 1.29 is 4.18 Å². The quantitative estimate of drug-likeness (QED) is 0.378. The van der Waals surface area contributed by atoms with Crippen molar-refractivity contribution in [2.45, 2.75) is 25.8 Å². The predicted molar refractivity (Wildman–Crippen MR) is 44.5 cm³/mol. The summed E-state index contributed by atoms with van der Waals surface area (Å²) in [6, 6.07) is 0. The van der Waals surface area contributed by atoms with Crippen LogP contribution in [-0.2, 0) is 4.18 Å². The molecule has 0 radical (unpaired) electrons. The van der Waals surface area contributed by atoms with Gasteiger partial charge >= 0.3 is 0 Å². The average molecular weight is 159 g/mol. The third kappa shape index (κ3) is 2.01. The van der Waals surface area contributed by atoms with E-state index in [4.69, 9.17) is 4.18 Å². The van der Waals surface area contributed by atoms with E-state index in [-0.39, 0.29) is 5.54 Å². The number of nitrogens with one attached hydrogen (secondary N) is 1. The minimum Gasteiger partial charge on any atom is -0.299 e. The summed E-state index contributed by atoms with van der Waals surface area (Å²) in [6.07, 6.45) is 0.986. The van der Waals surface area contributed by atoms with Crippen molar-refractivity contribution in [2.75, 3.05) is 6.61 Å². The topological polar surface area (TPSA) is 21.3 Å². The molecule has 0 spiro atoms. The lowest BCUT2D eigenvalue weighted by Gasteiger charge is -2.20. The Balaban J connectivity index is 2.43. The van der Waals surface area contributed by atoms with E-state index in [2.05, 4.69) is 18.2 Å². The van der Waals surface area contributed by atoms with Gasteiger partial charge in [0.25, 0.3) is 0 Å². The van der Waals surface area contributed by atoms with E-state index in [1.165, 1.54) is 17.8 Å². The molecule has 0 aromatic rings. The van der Waals surface area contributed by atoms with Crippen molar-refractivity contribution in [3.8, 4) is 0 Å². The van der Waals surface area contributed by atoms with Gasteiger partial charge in [0.2, 0.25) is 0 Å². The first-order chi connectivity index (χ1) is 4.62. The van der Waals surface area contributed by atoms with Gasteiger partial charge in [-0.15, -0.1) is 6.58 Å². The molecule has 1 rings (SSSR count). The second-order valence-corrected chi connectivity index (χ2v) is 3.75. The molecule has 1 fully saturated rings. The van der Waals surface area contributed by atoms with Crippen LogP contribution in [0.4, 0.5) is 0 Å². The van der Waals surface area contributed by atoms with Crippen LogP contribution in [-0.4, -0.2) is 12.1 Å². The van der Waals surface area contributed by atoms with Gasteiger partial charge in [0.05, 0.1) is 24.4 Å². The van der Waals surface area contributed by atoms with Crippen molar-refractivity contribution in [3.05, 3.63) is 12.2 Å². The maximum Gasteiger partial charge on any atom is 0.0820 e. The lowest BCUT2D eigenvalue weighted by atomic mass is 9.97. The Morgan fingerprint density at radius 3 is 3.00 bits per heavy atom. The Morgan fingerprint density at radius 1 is 1.90 bits per heavy atom. The molecular weight excluding hydrogens is 146 g/mol. The van der Waals surface area contributed by atoms with Gasteiger partial charge in [-0.05, 0) is 20.3 Å². The third-order valence-corrected chi connectivity index (χ3v) is 2.23. The molecule has 0 saturated carbocycles. The van der Waals surface area contributed by atoms with Gasteiger partial charge in [-0.2, -0.15) is 0 Å². The average Bonchev–Trinajstić information content (AvgIpc) is 2.12. The monoisotopic (exact) mass is 159 g/mol. The van der Waals surface area contributed by atoms with Crippen LogP contribution in [0.25, 0.3) is 0 Å². The normalized spacial score (nSPS) is 32.6. The molecule has 0 aromatic heterocycles. The van der Waals surface area contributed by atoms with Gasteiger partial charge < -0.3 is 0 Å². The number of hydrogen-bond donors (Lipinski definition) is 1. The predicted octanol–water partition coefficient (Wildman–Crippen LogP) is 1.89. The molecule has 1 atom stereocenters. The van der Waals surface area contributed by atoms with Crippen LogP contribution in [0.3, 0.4) is 0 Å². The summed E-state index contributed by atoms with van der Waals surface area (Å²) in [7, 11) is 0. The summed E-state index contributed by atoms with van der Waals surface area (Å²) < 4.78 is 8.32. The molecule has 10 heavy (non-hydrogen) atoms. The summed E-state index contributed by atoms with van der Waals surface area (Å²) in [4.78, 5) is 0. The Hall–Kier alpha value is 0.01000. The summed E-state index contributed by atoms with van der Waals surface area (Å²) in [5, 5.41) is 0. The van der Waals surface area contributed by atoms with Gasteiger partial charge in [-0.25, -0.2) is 4.72 Å². The first kappa shape index (κ1) is 8.11. The van der Waals surface area contributed by atoms with Crippen LogP contribution in [0, 0.1) is 0 Å². The van der Waals surface area contributed by atoms with Crippen molar-refractivity contribution >= 4 is 12.2 Å².